The third-order valence-electron chi connectivity index (χ3n) is 4.88. The Kier molecular flexibility index (Phi) is 6.03. The van der Waals surface area contributed by atoms with Gasteiger partial charge in [-0.2, -0.15) is 0 Å². The van der Waals surface area contributed by atoms with E-state index in [9.17, 15) is 19.2 Å². The number of hydrogen-bond acceptors (Lipinski definition) is 6. The quantitative estimate of drug-likeness (QED) is 0.421. The van der Waals surface area contributed by atoms with Gasteiger partial charge in [0.15, 0.2) is 0 Å². The molecule has 1 aliphatic heterocycles. The van der Waals surface area contributed by atoms with E-state index in [1.54, 1.807) is 48.5 Å². The van der Waals surface area contributed by atoms with Crippen molar-refractivity contribution in [2.45, 2.75) is 13.2 Å². The van der Waals surface area contributed by atoms with Crippen molar-refractivity contribution in [1.82, 2.24) is 10.2 Å². The highest BCUT2D eigenvalue weighted by molar-refractivity contribution is 6.30. The molecule has 4 amide bonds. The SMILES string of the molecule is O=C1NC(=O)N(Cc2ccco2)C(=O)C1=Cc1ccc(OCc2ccc(C(=O)O)cc2)cc1. The van der Waals surface area contributed by atoms with Crippen molar-refractivity contribution in [1.29, 1.82) is 0 Å². The Hall–Kier alpha value is -4.66. The van der Waals surface area contributed by atoms with Gasteiger partial charge in [-0.15, -0.1) is 0 Å². The van der Waals surface area contributed by atoms with Crippen molar-refractivity contribution in [2.24, 2.45) is 0 Å². The van der Waals surface area contributed by atoms with Gasteiger partial charge in [-0.25, -0.2) is 9.59 Å². The summed E-state index contributed by atoms with van der Waals surface area (Å²) in [6.45, 7) is 0.146. The molecule has 4 rings (SSSR count). The lowest BCUT2D eigenvalue weighted by atomic mass is 10.1. The first-order valence-corrected chi connectivity index (χ1v) is 9.87. The van der Waals surface area contributed by atoms with E-state index in [-0.39, 0.29) is 24.3 Å². The molecule has 9 nitrogen and oxygen atoms in total. The van der Waals surface area contributed by atoms with Crippen molar-refractivity contribution in [3.63, 3.8) is 0 Å². The largest absolute Gasteiger partial charge is 0.489 e. The molecule has 33 heavy (non-hydrogen) atoms. The van der Waals surface area contributed by atoms with Crippen LogP contribution in [0.1, 0.15) is 27.2 Å². The number of rotatable bonds is 7. The minimum absolute atomic E-state index is 0.0947. The van der Waals surface area contributed by atoms with Gasteiger partial charge < -0.3 is 14.3 Å². The van der Waals surface area contributed by atoms with Crippen LogP contribution in [0.5, 0.6) is 5.75 Å². The van der Waals surface area contributed by atoms with Gasteiger partial charge in [0, 0.05) is 0 Å². The Morgan fingerprint density at radius 3 is 2.39 bits per heavy atom. The minimum Gasteiger partial charge on any atom is -0.489 e. The fourth-order valence-electron chi connectivity index (χ4n) is 3.13. The molecule has 0 bridgehead atoms. The Morgan fingerprint density at radius 2 is 1.76 bits per heavy atom. The predicted octanol–water partition coefficient (Wildman–Crippen LogP) is 3.22. The summed E-state index contributed by atoms with van der Waals surface area (Å²) in [5.41, 5.74) is 1.39. The monoisotopic (exact) mass is 446 g/mol. The number of hydrogen-bond donors (Lipinski definition) is 2. The summed E-state index contributed by atoms with van der Waals surface area (Å²) in [5, 5.41) is 11.1. The van der Waals surface area contributed by atoms with E-state index >= 15 is 0 Å². The topological polar surface area (TPSA) is 126 Å². The second-order valence-corrected chi connectivity index (χ2v) is 7.15. The molecule has 0 spiro atoms. The third-order valence-corrected chi connectivity index (χ3v) is 4.88. The molecule has 0 unspecified atom stereocenters. The Morgan fingerprint density at radius 1 is 1.03 bits per heavy atom. The predicted molar refractivity (Wildman–Crippen MR) is 115 cm³/mol. The van der Waals surface area contributed by atoms with Crippen molar-refractivity contribution in [3.8, 4) is 5.75 Å². The van der Waals surface area contributed by atoms with Crippen molar-refractivity contribution in [3.05, 3.63) is 95.0 Å². The molecule has 3 aromatic rings. The lowest BCUT2D eigenvalue weighted by Gasteiger charge is -2.25. The first-order valence-electron chi connectivity index (χ1n) is 9.87. The number of nitrogens with one attached hydrogen (secondary N) is 1. The number of imide groups is 2. The molecule has 0 aliphatic carbocycles. The molecular formula is C24H18N2O7. The van der Waals surface area contributed by atoms with Gasteiger partial charge in [0.2, 0.25) is 0 Å². The zero-order valence-corrected chi connectivity index (χ0v) is 17.2. The zero-order valence-electron chi connectivity index (χ0n) is 17.2. The van der Waals surface area contributed by atoms with E-state index in [2.05, 4.69) is 5.32 Å². The smallest absolute Gasteiger partial charge is 0.335 e. The number of carbonyl (C=O) groups excluding carboxylic acids is 3. The lowest BCUT2D eigenvalue weighted by Crippen LogP contribution is -2.53. The van der Waals surface area contributed by atoms with Crippen LogP contribution in [0.3, 0.4) is 0 Å². The van der Waals surface area contributed by atoms with E-state index in [0.717, 1.165) is 10.5 Å². The highest BCUT2D eigenvalue weighted by Crippen LogP contribution is 2.20. The number of carboxylic acids is 1. The third kappa shape index (κ3) is 4.99. The molecule has 1 aromatic heterocycles. The molecule has 1 aliphatic rings. The van der Waals surface area contributed by atoms with Gasteiger partial charge >= 0.3 is 12.0 Å². The molecule has 1 fully saturated rings. The Bertz CT molecular complexity index is 1230. The van der Waals surface area contributed by atoms with E-state index < -0.39 is 23.8 Å². The van der Waals surface area contributed by atoms with Crippen molar-refractivity contribution >= 4 is 29.9 Å². The Labute approximate surface area is 187 Å². The second kappa shape index (κ2) is 9.23. The summed E-state index contributed by atoms with van der Waals surface area (Å²) in [7, 11) is 0. The minimum atomic E-state index is -0.995. The van der Waals surface area contributed by atoms with Gasteiger partial charge in [0.1, 0.15) is 23.7 Å². The number of nitrogens with zero attached hydrogens (tertiary/aromatic N) is 1. The summed E-state index contributed by atoms with van der Waals surface area (Å²) in [6.07, 6.45) is 2.83. The number of carbonyl (C=O) groups is 4. The second-order valence-electron chi connectivity index (χ2n) is 7.15. The van der Waals surface area contributed by atoms with Crippen LogP contribution in [0.15, 0.2) is 76.9 Å². The number of barbiturate groups is 1. The van der Waals surface area contributed by atoms with Crippen molar-refractivity contribution in [2.75, 3.05) is 0 Å². The first kappa shape index (κ1) is 21.6. The number of ether oxygens (including phenoxy) is 1. The number of amides is 4. The molecular weight excluding hydrogens is 428 g/mol. The fraction of sp³-hybridized carbons (Fsp3) is 0.0833. The number of benzene rings is 2. The van der Waals surface area contributed by atoms with Gasteiger partial charge in [-0.1, -0.05) is 24.3 Å². The molecule has 2 heterocycles. The highest BCUT2D eigenvalue weighted by Gasteiger charge is 2.36. The van der Waals surface area contributed by atoms with Crippen LogP contribution in [0.4, 0.5) is 4.79 Å². The van der Waals surface area contributed by atoms with E-state index in [1.807, 2.05) is 0 Å². The van der Waals surface area contributed by atoms with Gasteiger partial charge in [-0.3, -0.25) is 19.8 Å². The fourth-order valence-corrected chi connectivity index (χ4v) is 3.13. The number of aromatic carboxylic acids is 1. The molecule has 2 N–H and O–H groups in total. The van der Waals surface area contributed by atoms with Crippen molar-refractivity contribution < 1.29 is 33.4 Å². The normalized spacial score (nSPS) is 15.0. The van der Waals surface area contributed by atoms with E-state index in [0.29, 0.717) is 17.1 Å². The molecule has 0 radical (unpaired) electrons. The molecule has 0 atom stereocenters. The maximum Gasteiger partial charge on any atom is 0.335 e. The maximum absolute atomic E-state index is 12.7. The summed E-state index contributed by atoms with van der Waals surface area (Å²) in [4.78, 5) is 48.9. The maximum atomic E-state index is 12.7. The highest BCUT2D eigenvalue weighted by atomic mass is 16.5. The number of urea groups is 1. The van der Waals surface area contributed by atoms with E-state index in [4.69, 9.17) is 14.3 Å². The standard InChI is InChI=1S/C24H18N2O7/c27-21-20(22(28)26(24(31)25-21)13-19-2-1-11-32-19)12-15-5-9-18(10-6-15)33-14-16-3-7-17(8-4-16)23(29)30/h1-12H,13-14H2,(H,29,30)(H,25,27,31). The van der Waals surface area contributed by atoms with Crippen LogP contribution in [0.2, 0.25) is 0 Å². The molecule has 166 valence electrons. The van der Waals surface area contributed by atoms with Gasteiger partial charge in [0.25, 0.3) is 11.8 Å². The molecule has 2 aromatic carbocycles. The van der Waals surface area contributed by atoms with Crippen LogP contribution in [-0.4, -0.2) is 33.8 Å². The average molecular weight is 446 g/mol. The summed E-state index contributed by atoms with van der Waals surface area (Å²) in [5.74, 6) is -1.53. The van der Waals surface area contributed by atoms with Crippen LogP contribution in [0, 0.1) is 0 Å². The molecule has 9 heteroatoms. The van der Waals surface area contributed by atoms with Crippen LogP contribution >= 0.6 is 0 Å². The van der Waals surface area contributed by atoms with Crippen LogP contribution < -0.4 is 10.1 Å². The number of carboxylic acid groups (broad SMARTS) is 1. The van der Waals surface area contributed by atoms with Gasteiger partial charge in [0.05, 0.1) is 18.4 Å². The summed E-state index contributed by atoms with van der Waals surface area (Å²) < 4.78 is 10.9. The molecule has 0 saturated carbocycles. The Balaban J connectivity index is 1.43. The van der Waals surface area contributed by atoms with Crippen LogP contribution in [0.25, 0.3) is 6.08 Å². The summed E-state index contributed by atoms with van der Waals surface area (Å²) >= 11 is 0. The molecule has 1 saturated heterocycles. The lowest BCUT2D eigenvalue weighted by molar-refractivity contribution is -0.130. The average Bonchev–Trinajstić information content (AvgIpc) is 3.32. The van der Waals surface area contributed by atoms with E-state index in [1.165, 1.54) is 24.5 Å². The first-order chi connectivity index (χ1) is 15.9. The number of furan rings is 1. The van der Waals surface area contributed by atoms with Gasteiger partial charge in [-0.05, 0) is 53.6 Å². The van der Waals surface area contributed by atoms with Crippen LogP contribution in [-0.2, 0) is 22.7 Å². The summed E-state index contributed by atoms with van der Waals surface area (Å²) in [6, 6.07) is 15.5. The zero-order chi connectivity index (χ0) is 23.4.